The zero-order valence-corrected chi connectivity index (χ0v) is 11.7. The summed E-state index contributed by atoms with van der Waals surface area (Å²) in [5.74, 6) is -0.0712. The summed E-state index contributed by atoms with van der Waals surface area (Å²) in [6, 6.07) is 13.8. The average molecular weight is 280 g/mol. The number of amides is 1. The number of rotatable bonds is 4. The molecule has 3 aromatic rings. The van der Waals surface area contributed by atoms with Gasteiger partial charge in [0.05, 0.1) is 17.4 Å². The molecule has 0 aliphatic carbocycles. The fourth-order valence-corrected chi connectivity index (χ4v) is 2.29. The van der Waals surface area contributed by atoms with Crippen LogP contribution in [0.3, 0.4) is 0 Å². The van der Waals surface area contributed by atoms with Crippen LogP contribution in [-0.4, -0.2) is 16.1 Å². The summed E-state index contributed by atoms with van der Waals surface area (Å²) in [5.41, 5.74) is 3.83. The van der Waals surface area contributed by atoms with Gasteiger partial charge in [-0.05, 0) is 17.7 Å². The number of hydrogen-bond acceptors (Lipinski definition) is 3. The number of para-hydroxylation sites is 2. The van der Waals surface area contributed by atoms with Gasteiger partial charge in [0.1, 0.15) is 0 Å². The quantitative estimate of drug-likeness (QED) is 0.687. The number of fused-ring (bicyclic) bond motifs is 1. The summed E-state index contributed by atoms with van der Waals surface area (Å²) >= 11 is 0. The van der Waals surface area contributed by atoms with Crippen molar-refractivity contribution < 1.29 is 4.79 Å². The van der Waals surface area contributed by atoms with E-state index in [2.05, 4.69) is 20.8 Å². The zero-order chi connectivity index (χ0) is 14.7. The molecule has 5 nitrogen and oxygen atoms in total. The maximum absolute atomic E-state index is 11.2. The highest BCUT2D eigenvalue weighted by Crippen LogP contribution is 2.22. The lowest BCUT2D eigenvalue weighted by atomic mass is 10.1. The van der Waals surface area contributed by atoms with E-state index in [1.165, 1.54) is 6.92 Å². The zero-order valence-electron chi connectivity index (χ0n) is 11.7. The van der Waals surface area contributed by atoms with Gasteiger partial charge in [-0.2, -0.15) is 5.10 Å². The minimum atomic E-state index is -0.0712. The van der Waals surface area contributed by atoms with Gasteiger partial charge < -0.3 is 10.6 Å². The number of aromatic amines is 1. The smallest absolute Gasteiger partial charge is 0.221 e. The van der Waals surface area contributed by atoms with Gasteiger partial charge in [0.25, 0.3) is 0 Å². The van der Waals surface area contributed by atoms with E-state index in [-0.39, 0.29) is 5.91 Å². The predicted octanol–water partition coefficient (Wildman–Crippen LogP) is 3.13. The van der Waals surface area contributed by atoms with E-state index in [1.807, 2.05) is 42.5 Å². The molecule has 0 spiro atoms. The molecule has 0 radical (unpaired) electrons. The minimum Gasteiger partial charge on any atom is -0.379 e. The number of aromatic nitrogens is 2. The van der Waals surface area contributed by atoms with Crippen LogP contribution >= 0.6 is 0 Å². The second-order valence-electron chi connectivity index (χ2n) is 4.83. The number of carbonyl (C=O) groups excluding carboxylic acids is 1. The van der Waals surface area contributed by atoms with Crippen molar-refractivity contribution in [1.82, 2.24) is 10.2 Å². The Hall–Kier alpha value is -2.82. The summed E-state index contributed by atoms with van der Waals surface area (Å²) in [7, 11) is 0. The Morgan fingerprint density at radius 3 is 2.81 bits per heavy atom. The van der Waals surface area contributed by atoms with E-state index in [4.69, 9.17) is 0 Å². The Morgan fingerprint density at radius 1 is 1.14 bits per heavy atom. The Labute approximate surface area is 122 Å². The first-order valence-corrected chi connectivity index (χ1v) is 6.75. The van der Waals surface area contributed by atoms with Crippen molar-refractivity contribution in [1.29, 1.82) is 0 Å². The van der Waals surface area contributed by atoms with Crippen molar-refractivity contribution in [2.24, 2.45) is 0 Å². The molecule has 3 rings (SSSR count). The van der Waals surface area contributed by atoms with Gasteiger partial charge in [0, 0.05) is 24.5 Å². The molecule has 0 bridgehead atoms. The van der Waals surface area contributed by atoms with Gasteiger partial charge in [-0.15, -0.1) is 0 Å². The number of hydrogen-bond donors (Lipinski definition) is 3. The van der Waals surface area contributed by atoms with Crippen LogP contribution in [0.5, 0.6) is 0 Å². The van der Waals surface area contributed by atoms with Gasteiger partial charge in [-0.3, -0.25) is 9.89 Å². The molecule has 1 aromatic heterocycles. The Bertz CT molecular complexity index is 779. The van der Waals surface area contributed by atoms with Crippen LogP contribution in [0, 0.1) is 0 Å². The molecule has 1 amide bonds. The number of H-pyrrole nitrogens is 1. The molecular formula is C16H16N4O. The molecular weight excluding hydrogens is 264 g/mol. The van der Waals surface area contributed by atoms with Gasteiger partial charge in [-0.25, -0.2) is 0 Å². The van der Waals surface area contributed by atoms with Crippen molar-refractivity contribution in [3.8, 4) is 0 Å². The summed E-state index contributed by atoms with van der Waals surface area (Å²) in [6.07, 6.45) is 1.80. The van der Waals surface area contributed by atoms with Crippen LogP contribution in [0.25, 0.3) is 10.9 Å². The normalized spacial score (nSPS) is 10.5. The lowest BCUT2D eigenvalue weighted by Gasteiger charge is -2.12. The van der Waals surface area contributed by atoms with Crippen LogP contribution in [0.2, 0.25) is 0 Å². The predicted molar refractivity (Wildman–Crippen MR) is 84.2 cm³/mol. The first-order valence-electron chi connectivity index (χ1n) is 6.75. The Balaban J connectivity index is 1.82. The van der Waals surface area contributed by atoms with Crippen LogP contribution in [0.15, 0.2) is 48.7 Å². The standard InChI is InChI=1S/C16H16N4O/c1-11(21)19-14-7-3-2-5-12(14)9-17-15-8-4-6-13-10-18-20-16(13)15/h2-8,10,17H,9H2,1H3,(H,18,20)(H,19,21). The van der Waals surface area contributed by atoms with Crippen LogP contribution in [-0.2, 0) is 11.3 Å². The summed E-state index contributed by atoms with van der Waals surface area (Å²) in [5, 5.41) is 14.3. The minimum absolute atomic E-state index is 0.0712. The monoisotopic (exact) mass is 280 g/mol. The molecule has 0 unspecified atom stereocenters. The highest BCUT2D eigenvalue weighted by atomic mass is 16.1. The van der Waals surface area contributed by atoms with Crippen LogP contribution in [0.4, 0.5) is 11.4 Å². The molecule has 0 saturated carbocycles. The third kappa shape index (κ3) is 2.86. The summed E-state index contributed by atoms with van der Waals surface area (Å²) < 4.78 is 0. The third-order valence-corrected chi connectivity index (χ3v) is 3.27. The molecule has 0 aliphatic heterocycles. The molecule has 0 fully saturated rings. The fourth-order valence-electron chi connectivity index (χ4n) is 2.29. The first-order chi connectivity index (χ1) is 10.2. The summed E-state index contributed by atoms with van der Waals surface area (Å²) in [6.45, 7) is 2.13. The maximum atomic E-state index is 11.2. The molecule has 0 saturated heterocycles. The molecule has 1 heterocycles. The molecule has 3 N–H and O–H groups in total. The van der Waals surface area contributed by atoms with E-state index < -0.39 is 0 Å². The van der Waals surface area contributed by atoms with E-state index in [9.17, 15) is 4.79 Å². The average Bonchev–Trinajstić information content (AvgIpc) is 2.95. The van der Waals surface area contributed by atoms with Crippen LogP contribution < -0.4 is 10.6 Å². The lowest BCUT2D eigenvalue weighted by molar-refractivity contribution is -0.114. The van der Waals surface area contributed by atoms with E-state index in [1.54, 1.807) is 6.20 Å². The van der Waals surface area contributed by atoms with Crippen LogP contribution in [0.1, 0.15) is 12.5 Å². The van der Waals surface area contributed by atoms with Gasteiger partial charge >= 0.3 is 0 Å². The second kappa shape index (κ2) is 5.66. The third-order valence-electron chi connectivity index (χ3n) is 3.27. The number of nitrogens with zero attached hydrogens (tertiary/aromatic N) is 1. The summed E-state index contributed by atoms with van der Waals surface area (Å²) in [4.78, 5) is 11.2. The first kappa shape index (κ1) is 13.2. The number of benzene rings is 2. The SMILES string of the molecule is CC(=O)Nc1ccccc1CNc1cccc2cn[nH]c12. The van der Waals surface area contributed by atoms with Gasteiger partial charge in [-0.1, -0.05) is 30.3 Å². The molecule has 2 aromatic carbocycles. The van der Waals surface area contributed by atoms with E-state index in [0.29, 0.717) is 6.54 Å². The van der Waals surface area contributed by atoms with Crippen molar-refractivity contribution in [3.05, 3.63) is 54.2 Å². The maximum Gasteiger partial charge on any atom is 0.221 e. The van der Waals surface area contributed by atoms with Crippen molar-refractivity contribution in [2.45, 2.75) is 13.5 Å². The number of anilines is 2. The Kier molecular flexibility index (Phi) is 3.55. The second-order valence-corrected chi connectivity index (χ2v) is 4.83. The molecule has 0 atom stereocenters. The largest absolute Gasteiger partial charge is 0.379 e. The molecule has 106 valence electrons. The van der Waals surface area contributed by atoms with Gasteiger partial charge in [0.2, 0.25) is 5.91 Å². The van der Waals surface area contributed by atoms with Crippen molar-refractivity contribution >= 4 is 28.2 Å². The highest BCUT2D eigenvalue weighted by molar-refractivity contribution is 5.91. The molecule has 5 heteroatoms. The van der Waals surface area contributed by atoms with Crippen molar-refractivity contribution in [3.63, 3.8) is 0 Å². The number of nitrogens with one attached hydrogen (secondary N) is 3. The number of carbonyl (C=O) groups is 1. The Morgan fingerprint density at radius 2 is 1.95 bits per heavy atom. The van der Waals surface area contributed by atoms with Crippen molar-refractivity contribution in [2.75, 3.05) is 10.6 Å². The fraction of sp³-hybridized carbons (Fsp3) is 0.125. The topological polar surface area (TPSA) is 69.8 Å². The van der Waals surface area contributed by atoms with E-state index in [0.717, 1.165) is 27.8 Å². The lowest BCUT2D eigenvalue weighted by Crippen LogP contribution is -2.10. The highest BCUT2D eigenvalue weighted by Gasteiger charge is 2.05. The molecule has 21 heavy (non-hydrogen) atoms. The van der Waals surface area contributed by atoms with E-state index >= 15 is 0 Å². The molecule has 0 aliphatic rings. The van der Waals surface area contributed by atoms with Gasteiger partial charge in [0.15, 0.2) is 0 Å².